The molecule has 0 spiro atoms. The maximum absolute atomic E-state index is 12.5. The van der Waals surface area contributed by atoms with Crippen LogP contribution in [-0.4, -0.2) is 40.6 Å². The summed E-state index contributed by atoms with van der Waals surface area (Å²) in [7, 11) is -1.52. The first-order valence-corrected chi connectivity index (χ1v) is 8.96. The molecule has 0 amide bonds. The minimum atomic E-state index is -3.48. The van der Waals surface area contributed by atoms with Gasteiger partial charge in [-0.25, -0.2) is 13.1 Å². The molecule has 0 bridgehead atoms. The Morgan fingerprint density at radius 2 is 2.00 bits per heavy atom. The summed E-state index contributed by atoms with van der Waals surface area (Å²) in [4.78, 5) is 2.54. The van der Waals surface area contributed by atoms with E-state index in [4.69, 9.17) is 0 Å². The van der Waals surface area contributed by atoms with Gasteiger partial charge in [0.2, 0.25) is 10.0 Å². The number of anilines is 1. The zero-order chi connectivity index (χ0) is 15.5. The van der Waals surface area contributed by atoms with E-state index in [0.717, 1.165) is 31.6 Å². The SMILES string of the molecule is CNC1CCCN(c2ccccc2S(=O)(=O)NC(C)C)C1. The van der Waals surface area contributed by atoms with Crippen molar-refractivity contribution in [3.05, 3.63) is 24.3 Å². The molecule has 1 saturated heterocycles. The largest absolute Gasteiger partial charge is 0.369 e. The molecule has 21 heavy (non-hydrogen) atoms. The average Bonchev–Trinajstić information content (AvgIpc) is 2.46. The predicted molar refractivity (Wildman–Crippen MR) is 86.2 cm³/mol. The topological polar surface area (TPSA) is 61.4 Å². The van der Waals surface area contributed by atoms with Gasteiger partial charge in [0.15, 0.2) is 0 Å². The van der Waals surface area contributed by atoms with E-state index in [2.05, 4.69) is 14.9 Å². The van der Waals surface area contributed by atoms with E-state index >= 15 is 0 Å². The lowest BCUT2D eigenvalue weighted by Gasteiger charge is -2.35. The first-order chi connectivity index (χ1) is 9.94. The van der Waals surface area contributed by atoms with E-state index in [9.17, 15) is 8.42 Å². The van der Waals surface area contributed by atoms with Gasteiger partial charge in [0, 0.05) is 25.2 Å². The molecule has 0 aliphatic carbocycles. The lowest BCUT2D eigenvalue weighted by molar-refractivity contribution is 0.448. The Balaban J connectivity index is 2.33. The van der Waals surface area contributed by atoms with Crippen molar-refractivity contribution in [1.82, 2.24) is 10.0 Å². The summed E-state index contributed by atoms with van der Waals surface area (Å²) < 4.78 is 27.7. The third-order valence-electron chi connectivity index (χ3n) is 3.72. The number of sulfonamides is 1. The van der Waals surface area contributed by atoms with Crippen molar-refractivity contribution < 1.29 is 8.42 Å². The molecule has 0 aromatic heterocycles. The summed E-state index contributed by atoms with van der Waals surface area (Å²) in [6.07, 6.45) is 2.20. The Morgan fingerprint density at radius 1 is 1.29 bits per heavy atom. The van der Waals surface area contributed by atoms with Gasteiger partial charge in [0.25, 0.3) is 0 Å². The standard InChI is InChI=1S/C15H25N3O2S/c1-12(2)17-21(19,20)15-9-5-4-8-14(15)18-10-6-7-13(11-18)16-3/h4-5,8-9,12-13,16-17H,6-7,10-11H2,1-3H3. The zero-order valence-electron chi connectivity index (χ0n) is 13.0. The fourth-order valence-electron chi connectivity index (χ4n) is 2.75. The molecular weight excluding hydrogens is 286 g/mol. The lowest BCUT2D eigenvalue weighted by Crippen LogP contribution is -2.45. The van der Waals surface area contributed by atoms with Gasteiger partial charge in [-0.3, -0.25) is 0 Å². The summed E-state index contributed by atoms with van der Waals surface area (Å²) >= 11 is 0. The number of nitrogens with zero attached hydrogens (tertiary/aromatic N) is 1. The Kier molecular flexibility index (Phi) is 5.24. The molecule has 1 fully saturated rings. The molecule has 1 aliphatic heterocycles. The van der Waals surface area contributed by atoms with Gasteiger partial charge in [0.05, 0.1) is 5.69 Å². The second-order valence-corrected chi connectivity index (χ2v) is 7.50. The first-order valence-electron chi connectivity index (χ1n) is 7.47. The number of likely N-dealkylation sites (N-methyl/N-ethyl adjacent to an activating group) is 1. The van der Waals surface area contributed by atoms with Gasteiger partial charge in [-0.15, -0.1) is 0 Å². The summed E-state index contributed by atoms with van der Waals surface area (Å²) in [5.41, 5.74) is 0.797. The molecule has 1 unspecified atom stereocenters. The number of hydrogen-bond donors (Lipinski definition) is 2. The normalized spacial score (nSPS) is 20.0. The Bertz CT molecular complexity index is 572. The van der Waals surface area contributed by atoms with Crippen LogP contribution in [0.1, 0.15) is 26.7 Å². The molecule has 1 atom stereocenters. The van der Waals surface area contributed by atoms with Crippen LogP contribution in [-0.2, 0) is 10.0 Å². The van der Waals surface area contributed by atoms with Crippen LogP contribution < -0.4 is 14.9 Å². The summed E-state index contributed by atoms with van der Waals surface area (Å²) in [5.74, 6) is 0. The summed E-state index contributed by atoms with van der Waals surface area (Å²) in [6, 6.07) is 7.54. The zero-order valence-corrected chi connectivity index (χ0v) is 13.8. The molecule has 2 N–H and O–H groups in total. The third-order valence-corrected chi connectivity index (χ3v) is 5.42. The van der Waals surface area contributed by atoms with Crippen LogP contribution in [0.2, 0.25) is 0 Å². The highest BCUT2D eigenvalue weighted by Gasteiger charge is 2.25. The number of nitrogens with one attached hydrogen (secondary N) is 2. The van der Waals surface area contributed by atoms with E-state index < -0.39 is 10.0 Å². The van der Waals surface area contributed by atoms with Gasteiger partial charge in [0.1, 0.15) is 4.90 Å². The van der Waals surface area contributed by atoms with Crippen LogP contribution in [0.3, 0.4) is 0 Å². The van der Waals surface area contributed by atoms with Crippen LogP contribution >= 0.6 is 0 Å². The van der Waals surface area contributed by atoms with Crippen LogP contribution in [0, 0.1) is 0 Å². The first kappa shape index (κ1) is 16.3. The maximum atomic E-state index is 12.5. The molecule has 1 aliphatic rings. The number of hydrogen-bond acceptors (Lipinski definition) is 4. The fraction of sp³-hybridized carbons (Fsp3) is 0.600. The molecule has 0 radical (unpaired) electrons. The summed E-state index contributed by atoms with van der Waals surface area (Å²) in [5, 5.41) is 3.29. The van der Waals surface area contributed by atoms with Gasteiger partial charge in [-0.2, -0.15) is 0 Å². The maximum Gasteiger partial charge on any atom is 0.242 e. The van der Waals surface area contributed by atoms with Crippen molar-refractivity contribution in [2.75, 3.05) is 25.0 Å². The molecule has 6 heteroatoms. The lowest BCUT2D eigenvalue weighted by atomic mass is 10.1. The van der Waals surface area contributed by atoms with Crippen molar-refractivity contribution in [3.8, 4) is 0 Å². The van der Waals surface area contributed by atoms with Crippen LogP contribution in [0.25, 0.3) is 0 Å². The molecule has 1 aromatic carbocycles. The highest BCUT2D eigenvalue weighted by Crippen LogP contribution is 2.27. The fourth-order valence-corrected chi connectivity index (χ4v) is 4.23. The van der Waals surface area contributed by atoms with E-state index in [-0.39, 0.29) is 6.04 Å². The number of para-hydroxylation sites is 1. The number of rotatable bonds is 5. The third kappa shape index (κ3) is 3.96. The second-order valence-electron chi connectivity index (χ2n) is 5.82. The molecular formula is C15H25N3O2S. The Morgan fingerprint density at radius 3 is 2.67 bits per heavy atom. The van der Waals surface area contributed by atoms with Crippen molar-refractivity contribution in [3.63, 3.8) is 0 Å². The quantitative estimate of drug-likeness (QED) is 0.866. The summed E-state index contributed by atoms with van der Waals surface area (Å²) in [6.45, 7) is 5.40. The van der Waals surface area contributed by atoms with Gasteiger partial charge >= 0.3 is 0 Å². The van der Waals surface area contributed by atoms with Crippen molar-refractivity contribution in [2.45, 2.75) is 43.7 Å². The minimum Gasteiger partial charge on any atom is -0.369 e. The molecule has 1 aromatic rings. The van der Waals surface area contributed by atoms with E-state index in [1.165, 1.54) is 0 Å². The van der Waals surface area contributed by atoms with Gasteiger partial charge in [-0.05, 0) is 45.9 Å². The van der Waals surface area contributed by atoms with Crippen LogP contribution in [0.4, 0.5) is 5.69 Å². The molecule has 118 valence electrons. The number of piperidine rings is 1. The van der Waals surface area contributed by atoms with Crippen LogP contribution in [0.15, 0.2) is 29.2 Å². The Labute approximate surface area is 127 Å². The van der Waals surface area contributed by atoms with Crippen molar-refractivity contribution in [1.29, 1.82) is 0 Å². The van der Waals surface area contributed by atoms with E-state index in [1.807, 2.05) is 33.0 Å². The van der Waals surface area contributed by atoms with E-state index in [0.29, 0.717) is 10.9 Å². The molecule has 5 nitrogen and oxygen atoms in total. The predicted octanol–water partition coefficient (Wildman–Crippen LogP) is 1.56. The number of benzene rings is 1. The molecule has 2 rings (SSSR count). The average molecular weight is 311 g/mol. The second kappa shape index (κ2) is 6.77. The Hall–Kier alpha value is -1.11. The monoisotopic (exact) mass is 311 g/mol. The van der Waals surface area contributed by atoms with E-state index in [1.54, 1.807) is 12.1 Å². The van der Waals surface area contributed by atoms with Crippen molar-refractivity contribution >= 4 is 15.7 Å². The highest BCUT2D eigenvalue weighted by atomic mass is 32.2. The van der Waals surface area contributed by atoms with Crippen molar-refractivity contribution in [2.24, 2.45) is 0 Å². The van der Waals surface area contributed by atoms with Gasteiger partial charge < -0.3 is 10.2 Å². The highest BCUT2D eigenvalue weighted by molar-refractivity contribution is 7.89. The van der Waals surface area contributed by atoms with Crippen LogP contribution in [0.5, 0.6) is 0 Å². The smallest absolute Gasteiger partial charge is 0.242 e. The molecule has 0 saturated carbocycles. The minimum absolute atomic E-state index is 0.116. The molecule has 1 heterocycles. The van der Waals surface area contributed by atoms with Gasteiger partial charge in [-0.1, -0.05) is 12.1 Å².